The van der Waals surface area contributed by atoms with Gasteiger partial charge < -0.3 is 5.21 Å². The Kier molecular flexibility index (Phi) is 4.51. The molecule has 0 unspecified atom stereocenters. The van der Waals surface area contributed by atoms with Gasteiger partial charge in [-0.2, -0.15) is 0 Å². The minimum absolute atomic E-state index is 0.685. The first kappa shape index (κ1) is 13.1. The molecule has 0 saturated carbocycles. The second-order valence-electron chi connectivity index (χ2n) is 4.23. The first-order chi connectivity index (χ1) is 9.35. The molecule has 2 aromatic carbocycles. The molecule has 0 amide bonds. The molecule has 0 saturated heterocycles. The molecular weight excluding hydrogens is 234 g/mol. The van der Waals surface area contributed by atoms with Crippen LogP contribution < -0.4 is 0 Å². The SMILES string of the molecule is CCC(=N\O)/C(=C\c1ccccc1)c1ccccc1. The maximum absolute atomic E-state index is 9.18. The number of allylic oxidation sites excluding steroid dienone is 1. The molecule has 0 heterocycles. The Morgan fingerprint density at radius 3 is 2.11 bits per heavy atom. The highest BCUT2D eigenvalue weighted by molar-refractivity contribution is 6.27. The van der Waals surface area contributed by atoms with Crippen molar-refractivity contribution in [3.05, 3.63) is 71.8 Å². The van der Waals surface area contributed by atoms with Crippen LogP contribution in [0, 0.1) is 0 Å². The van der Waals surface area contributed by atoms with Crippen LogP contribution in [-0.2, 0) is 0 Å². The zero-order valence-electron chi connectivity index (χ0n) is 11.0. The third kappa shape index (κ3) is 3.32. The molecule has 2 heteroatoms. The van der Waals surface area contributed by atoms with E-state index < -0.39 is 0 Å². The molecule has 0 fully saturated rings. The number of nitrogens with zero attached hydrogens (tertiary/aromatic N) is 1. The summed E-state index contributed by atoms with van der Waals surface area (Å²) in [4.78, 5) is 0. The van der Waals surface area contributed by atoms with E-state index in [1.54, 1.807) is 0 Å². The highest BCUT2D eigenvalue weighted by Crippen LogP contribution is 2.21. The monoisotopic (exact) mass is 251 g/mol. The molecule has 0 spiro atoms. The van der Waals surface area contributed by atoms with Crippen LogP contribution in [0.5, 0.6) is 0 Å². The summed E-state index contributed by atoms with van der Waals surface area (Å²) in [5, 5.41) is 12.6. The summed E-state index contributed by atoms with van der Waals surface area (Å²) in [7, 11) is 0. The van der Waals surface area contributed by atoms with E-state index in [0.29, 0.717) is 12.1 Å². The van der Waals surface area contributed by atoms with Gasteiger partial charge in [-0.25, -0.2) is 0 Å². The Labute approximate surface area is 113 Å². The summed E-state index contributed by atoms with van der Waals surface area (Å²) < 4.78 is 0. The van der Waals surface area contributed by atoms with Crippen LogP contribution >= 0.6 is 0 Å². The quantitative estimate of drug-likeness (QED) is 0.370. The van der Waals surface area contributed by atoms with Crippen LogP contribution in [0.3, 0.4) is 0 Å². The number of hydrogen-bond acceptors (Lipinski definition) is 2. The average Bonchev–Trinajstić information content (AvgIpc) is 2.49. The van der Waals surface area contributed by atoms with Crippen LogP contribution in [0.2, 0.25) is 0 Å². The largest absolute Gasteiger partial charge is 0.411 e. The van der Waals surface area contributed by atoms with Crippen molar-refractivity contribution < 1.29 is 5.21 Å². The van der Waals surface area contributed by atoms with Crippen molar-refractivity contribution in [1.82, 2.24) is 0 Å². The van der Waals surface area contributed by atoms with E-state index in [1.165, 1.54) is 0 Å². The van der Waals surface area contributed by atoms with E-state index >= 15 is 0 Å². The molecule has 1 N–H and O–H groups in total. The maximum Gasteiger partial charge on any atom is 0.0871 e. The molecule has 2 nitrogen and oxygen atoms in total. The highest BCUT2D eigenvalue weighted by atomic mass is 16.4. The zero-order valence-corrected chi connectivity index (χ0v) is 11.0. The summed E-state index contributed by atoms with van der Waals surface area (Å²) >= 11 is 0. The Morgan fingerprint density at radius 1 is 1.00 bits per heavy atom. The lowest BCUT2D eigenvalue weighted by atomic mass is 9.97. The molecular formula is C17H17NO. The second kappa shape index (κ2) is 6.55. The van der Waals surface area contributed by atoms with Crippen molar-refractivity contribution >= 4 is 17.4 Å². The molecule has 0 atom stereocenters. The van der Waals surface area contributed by atoms with Crippen LogP contribution in [0.15, 0.2) is 65.8 Å². The van der Waals surface area contributed by atoms with Gasteiger partial charge in [-0.1, -0.05) is 72.7 Å². The van der Waals surface area contributed by atoms with Crippen molar-refractivity contribution in [2.24, 2.45) is 5.16 Å². The molecule has 0 bridgehead atoms. The zero-order chi connectivity index (χ0) is 13.5. The van der Waals surface area contributed by atoms with Crippen LogP contribution in [-0.4, -0.2) is 10.9 Å². The Hall–Kier alpha value is -2.35. The molecule has 0 aliphatic rings. The minimum Gasteiger partial charge on any atom is -0.411 e. The fraction of sp³-hybridized carbons (Fsp3) is 0.118. The number of benzene rings is 2. The van der Waals surface area contributed by atoms with Crippen molar-refractivity contribution in [3.8, 4) is 0 Å². The van der Waals surface area contributed by atoms with Gasteiger partial charge in [0.05, 0.1) is 5.71 Å². The summed E-state index contributed by atoms with van der Waals surface area (Å²) in [6.07, 6.45) is 2.73. The minimum atomic E-state index is 0.685. The molecule has 96 valence electrons. The molecule has 0 aromatic heterocycles. The number of oxime groups is 1. The molecule has 2 rings (SSSR count). The third-order valence-electron chi connectivity index (χ3n) is 2.96. The van der Waals surface area contributed by atoms with E-state index in [-0.39, 0.29) is 0 Å². The molecule has 0 radical (unpaired) electrons. The molecule has 19 heavy (non-hydrogen) atoms. The molecule has 0 aliphatic heterocycles. The summed E-state index contributed by atoms with van der Waals surface area (Å²) in [5.41, 5.74) is 3.80. The van der Waals surface area contributed by atoms with Gasteiger partial charge in [0.25, 0.3) is 0 Å². The van der Waals surface area contributed by atoms with Gasteiger partial charge in [0.1, 0.15) is 0 Å². The van der Waals surface area contributed by atoms with E-state index in [2.05, 4.69) is 5.16 Å². The van der Waals surface area contributed by atoms with Crippen molar-refractivity contribution in [3.63, 3.8) is 0 Å². The highest BCUT2D eigenvalue weighted by Gasteiger charge is 2.08. The Bertz CT molecular complexity index is 571. The van der Waals surface area contributed by atoms with Crippen LogP contribution in [0.1, 0.15) is 24.5 Å². The lowest BCUT2D eigenvalue weighted by molar-refractivity contribution is 0.319. The third-order valence-corrected chi connectivity index (χ3v) is 2.96. The smallest absolute Gasteiger partial charge is 0.0871 e. The first-order valence-corrected chi connectivity index (χ1v) is 6.38. The average molecular weight is 251 g/mol. The fourth-order valence-corrected chi connectivity index (χ4v) is 1.98. The van der Waals surface area contributed by atoms with Gasteiger partial charge in [0.2, 0.25) is 0 Å². The van der Waals surface area contributed by atoms with Crippen molar-refractivity contribution in [2.45, 2.75) is 13.3 Å². The second-order valence-corrected chi connectivity index (χ2v) is 4.23. The molecule has 2 aromatic rings. The van der Waals surface area contributed by atoms with Crippen LogP contribution in [0.4, 0.5) is 0 Å². The first-order valence-electron chi connectivity index (χ1n) is 6.38. The van der Waals surface area contributed by atoms with Gasteiger partial charge in [-0.15, -0.1) is 0 Å². The lowest BCUT2D eigenvalue weighted by Gasteiger charge is -2.08. The normalized spacial score (nSPS) is 12.5. The van der Waals surface area contributed by atoms with Gasteiger partial charge in [0.15, 0.2) is 0 Å². The van der Waals surface area contributed by atoms with E-state index in [9.17, 15) is 5.21 Å². The van der Waals surface area contributed by atoms with Gasteiger partial charge in [-0.05, 0) is 23.6 Å². The summed E-state index contributed by atoms with van der Waals surface area (Å²) in [5.74, 6) is 0. The summed E-state index contributed by atoms with van der Waals surface area (Å²) in [6, 6.07) is 20.0. The Morgan fingerprint density at radius 2 is 1.58 bits per heavy atom. The molecule has 0 aliphatic carbocycles. The van der Waals surface area contributed by atoms with Crippen LogP contribution in [0.25, 0.3) is 11.6 Å². The van der Waals surface area contributed by atoms with Crippen molar-refractivity contribution in [1.29, 1.82) is 0 Å². The van der Waals surface area contributed by atoms with Crippen molar-refractivity contribution in [2.75, 3.05) is 0 Å². The Balaban J connectivity index is 2.50. The predicted octanol–water partition coefficient (Wildman–Crippen LogP) is 4.47. The number of hydrogen-bond donors (Lipinski definition) is 1. The fourth-order valence-electron chi connectivity index (χ4n) is 1.98. The maximum atomic E-state index is 9.18. The number of rotatable bonds is 4. The van der Waals surface area contributed by atoms with E-state index in [0.717, 1.165) is 16.7 Å². The predicted molar refractivity (Wildman–Crippen MR) is 80.3 cm³/mol. The van der Waals surface area contributed by atoms with E-state index in [1.807, 2.05) is 73.7 Å². The topological polar surface area (TPSA) is 32.6 Å². The standard InChI is InChI=1S/C17H17NO/c1-2-17(18-19)16(15-11-7-4-8-12-15)13-14-9-5-3-6-10-14/h3-13,19H,2H2,1H3/b16-13-,18-17+. The summed E-state index contributed by atoms with van der Waals surface area (Å²) in [6.45, 7) is 1.98. The van der Waals surface area contributed by atoms with Gasteiger partial charge in [-0.3, -0.25) is 0 Å². The van der Waals surface area contributed by atoms with Gasteiger partial charge in [0, 0.05) is 5.57 Å². The van der Waals surface area contributed by atoms with Gasteiger partial charge >= 0.3 is 0 Å². The lowest BCUT2D eigenvalue weighted by Crippen LogP contribution is -2.00. The van der Waals surface area contributed by atoms with E-state index in [4.69, 9.17) is 0 Å².